The lowest BCUT2D eigenvalue weighted by Crippen LogP contribution is -2.50. The Kier molecular flexibility index (Phi) is 5.17. The van der Waals surface area contributed by atoms with E-state index >= 15 is 0 Å². The van der Waals surface area contributed by atoms with Gasteiger partial charge in [0.05, 0.1) is 17.3 Å². The van der Waals surface area contributed by atoms with Gasteiger partial charge >= 0.3 is 5.97 Å². The molecule has 2 rings (SSSR count). The van der Waals surface area contributed by atoms with Crippen molar-refractivity contribution in [3.8, 4) is 0 Å². The molecule has 7 nitrogen and oxygen atoms in total. The number of carbonyl (C=O) groups excluding carboxylic acids is 2. The minimum Gasteiger partial charge on any atom is -0.480 e. The van der Waals surface area contributed by atoms with E-state index in [-0.39, 0.29) is 16.3 Å². The predicted molar refractivity (Wildman–Crippen MR) is 85.5 cm³/mol. The summed E-state index contributed by atoms with van der Waals surface area (Å²) in [6.07, 6.45) is -0.956. The number of halogens is 3. The Balaban J connectivity index is 2.10. The fourth-order valence-electron chi connectivity index (χ4n) is 2.53. The molecule has 0 saturated carbocycles. The largest absolute Gasteiger partial charge is 0.480 e. The topological polar surface area (TPSA) is 113 Å². The molecule has 1 aliphatic heterocycles. The van der Waals surface area contributed by atoms with Gasteiger partial charge in [-0.05, 0) is 25.1 Å². The van der Waals surface area contributed by atoms with Crippen molar-refractivity contribution >= 4 is 35.1 Å². The molecule has 1 heterocycles. The molecule has 0 radical (unpaired) electrons. The number of amides is 2. The van der Waals surface area contributed by atoms with Gasteiger partial charge in [0.15, 0.2) is 0 Å². The third kappa shape index (κ3) is 4.16. The molecule has 1 aromatic carbocycles. The normalized spacial score (nSPS) is 20.2. The van der Waals surface area contributed by atoms with Crippen LogP contribution in [0.3, 0.4) is 0 Å². The fraction of sp³-hybridized carbons (Fsp3) is 0.400. The summed E-state index contributed by atoms with van der Waals surface area (Å²) in [5.41, 5.74) is 5.93. The minimum atomic E-state index is -3.28. The molecular weight excluding hydrogens is 360 g/mol. The predicted octanol–water partition coefficient (Wildman–Crippen LogP) is 1.36. The first-order chi connectivity index (χ1) is 11.5. The van der Waals surface area contributed by atoms with Crippen LogP contribution in [0.15, 0.2) is 18.2 Å². The van der Waals surface area contributed by atoms with Crippen molar-refractivity contribution in [2.75, 3.05) is 12.3 Å². The molecule has 4 N–H and O–H groups in total. The van der Waals surface area contributed by atoms with E-state index in [1.165, 1.54) is 25.1 Å². The Bertz CT molecular complexity index is 729. The number of carboxylic acid groups (broad SMARTS) is 1. The Labute approximate surface area is 146 Å². The molecule has 0 aromatic heterocycles. The van der Waals surface area contributed by atoms with E-state index in [4.69, 9.17) is 22.4 Å². The van der Waals surface area contributed by atoms with Gasteiger partial charge < -0.3 is 21.1 Å². The molecule has 2 unspecified atom stereocenters. The van der Waals surface area contributed by atoms with Crippen LogP contribution in [-0.2, 0) is 9.59 Å². The van der Waals surface area contributed by atoms with Crippen LogP contribution in [0.2, 0.25) is 5.02 Å². The molecule has 25 heavy (non-hydrogen) atoms. The smallest absolute Gasteiger partial charge is 0.326 e. The standard InChI is InChI=1S/C15H16ClF2N3O4/c1-7(20-12(22)8-2-3-10(19)9(16)4-8)13(23)21-6-15(17,18)5-11(21)14(24)25/h2-4,7,11H,5-6,19H2,1H3,(H,20,22)(H,24,25). The molecular formula is C15H16ClF2N3O4. The number of nitrogens with two attached hydrogens (primary N) is 1. The average Bonchev–Trinajstić information content (AvgIpc) is 2.85. The van der Waals surface area contributed by atoms with Gasteiger partial charge in [0, 0.05) is 12.0 Å². The summed E-state index contributed by atoms with van der Waals surface area (Å²) < 4.78 is 26.9. The summed E-state index contributed by atoms with van der Waals surface area (Å²) in [6.45, 7) is 0.283. The number of hydrogen-bond donors (Lipinski definition) is 3. The van der Waals surface area contributed by atoms with E-state index in [1.807, 2.05) is 0 Å². The summed E-state index contributed by atoms with van der Waals surface area (Å²) in [7, 11) is 0. The van der Waals surface area contributed by atoms with Crippen LogP contribution >= 0.6 is 11.6 Å². The van der Waals surface area contributed by atoms with Crippen LogP contribution in [0.1, 0.15) is 23.7 Å². The third-order valence-corrected chi connectivity index (χ3v) is 4.15. The van der Waals surface area contributed by atoms with Crippen molar-refractivity contribution in [1.29, 1.82) is 0 Å². The summed E-state index contributed by atoms with van der Waals surface area (Å²) in [5.74, 6) is -6.37. The number of carboxylic acids is 1. The second-order valence-corrected chi connectivity index (χ2v) is 6.22. The molecule has 136 valence electrons. The number of likely N-dealkylation sites (tertiary alicyclic amines) is 1. The number of hydrogen-bond acceptors (Lipinski definition) is 4. The van der Waals surface area contributed by atoms with Gasteiger partial charge in [0.2, 0.25) is 5.91 Å². The highest BCUT2D eigenvalue weighted by atomic mass is 35.5. The lowest BCUT2D eigenvalue weighted by molar-refractivity contribution is -0.148. The lowest BCUT2D eigenvalue weighted by Gasteiger charge is -2.25. The first-order valence-corrected chi connectivity index (χ1v) is 7.66. The maximum Gasteiger partial charge on any atom is 0.326 e. The Morgan fingerprint density at radius 3 is 2.64 bits per heavy atom. The van der Waals surface area contributed by atoms with Crippen LogP contribution in [0, 0.1) is 0 Å². The van der Waals surface area contributed by atoms with E-state index in [0.29, 0.717) is 4.90 Å². The van der Waals surface area contributed by atoms with Gasteiger partial charge in [-0.2, -0.15) is 0 Å². The molecule has 2 atom stereocenters. The van der Waals surface area contributed by atoms with Crippen molar-refractivity contribution in [2.24, 2.45) is 0 Å². The van der Waals surface area contributed by atoms with Gasteiger partial charge in [-0.25, -0.2) is 13.6 Å². The van der Waals surface area contributed by atoms with Gasteiger partial charge in [-0.15, -0.1) is 0 Å². The minimum absolute atomic E-state index is 0.125. The summed E-state index contributed by atoms with van der Waals surface area (Å²) in [4.78, 5) is 36.1. The SMILES string of the molecule is CC(NC(=O)c1ccc(N)c(Cl)c1)C(=O)N1CC(F)(F)CC1C(=O)O. The fourth-order valence-corrected chi connectivity index (χ4v) is 2.71. The Morgan fingerprint density at radius 1 is 1.44 bits per heavy atom. The van der Waals surface area contributed by atoms with Crippen molar-refractivity contribution < 1.29 is 28.3 Å². The van der Waals surface area contributed by atoms with Crippen molar-refractivity contribution in [1.82, 2.24) is 10.2 Å². The number of nitrogens with one attached hydrogen (secondary N) is 1. The van der Waals surface area contributed by atoms with Crippen LogP contribution in [0.4, 0.5) is 14.5 Å². The number of nitrogens with zero attached hydrogens (tertiary/aromatic N) is 1. The molecule has 1 saturated heterocycles. The zero-order chi connectivity index (χ0) is 18.9. The summed E-state index contributed by atoms with van der Waals surface area (Å²) in [5, 5.41) is 11.5. The van der Waals surface area contributed by atoms with Gasteiger partial charge in [0.1, 0.15) is 12.1 Å². The van der Waals surface area contributed by atoms with E-state index in [1.54, 1.807) is 0 Å². The highest BCUT2D eigenvalue weighted by Gasteiger charge is 2.50. The molecule has 0 bridgehead atoms. The summed E-state index contributed by atoms with van der Waals surface area (Å²) >= 11 is 5.82. The van der Waals surface area contributed by atoms with Gasteiger partial charge in [-0.1, -0.05) is 11.6 Å². The van der Waals surface area contributed by atoms with E-state index < -0.39 is 48.8 Å². The number of aliphatic carboxylic acids is 1. The Hall–Kier alpha value is -2.42. The Morgan fingerprint density at radius 2 is 2.08 bits per heavy atom. The number of nitrogen functional groups attached to an aromatic ring is 1. The first kappa shape index (κ1) is 18.9. The summed E-state index contributed by atoms with van der Waals surface area (Å²) in [6, 6.07) is 1.27. The van der Waals surface area contributed by atoms with Crippen LogP contribution in [0.25, 0.3) is 0 Å². The van der Waals surface area contributed by atoms with Crippen molar-refractivity contribution in [2.45, 2.75) is 31.4 Å². The molecule has 0 spiro atoms. The molecule has 10 heteroatoms. The van der Waals surface area contributed by atoms with Crippen LogP contribution in [0.5, 0.6) is 0 Å². The third-order valence-electron chi connectivity index (χ3n) is 3.82. The zero-order valence-corrected chi connectivity index (χ0v) is 13.9. The quantitative estimate of drug-likeness (QED) is 0.688. The van der Waals surface area contributed by atoms with Crippen LogP contribution < -0.4 is 11.1 Å². The molecule has 1 aliphatic rings. The van der Waals surface area contributed by atoms with Crippen molar-refractivity contribution in [3.63, 3.8) is 0 Å². The number of benzene rings is 1. The van der Waals surface area contributed by atoms with E-state index in [0.717, 1.165) is 0 Å². The lowest BCUT2D eigenvalue weighted by atomic mass is 10.1. The number of anilines is 1. The van der Waals surface area contributed by atoms with Crippen molar-refractivity contribution in [3.05, 3.63) is 28.8 Å². The highest BCUT2D eigenvalue weighted by molar-refractivity contribution is 6.33. The second kappa shape index (κ2) is 6.83. The maximum atomic E-state index is 13.5. The number of carbonyl (C=O) groups is 3. The van der Waals surface area contributed by atoms with E-state index in [9.17, 15) is 23.2 Å². The van der Waals surface area contributed by atoms with Gasteiger partial charge in [0.25, 0.3) is 11.8 Å². The average molecular weight is 376 g/mol. The number of rotatable bonds is 4. The van der Waals surface area contributed by atoms with E-state index in [2.05, 4.69) is 5.32 Å². The maximum absolute atomic E-state index is 13.5. The zero-order valence-electron chi connectivity index (χ0n) is 13.1. The molecule has 2 amide bonds. The molecule has 0 aliphatic carbocycles. The highest BCUT2D eigenvalue weighted by Crippen LogP contribution is 2.32. The first-order valence-electron chi connectivity index (χ1n) is 7.29. The monoisotopic (exact) mass is 375 g/mol. The molecule has 1 fully saturated rings. The number of alkyl halides is 2. The van der Waals surface area contributed by atoms with Gasteiger partial charge in [-0.3, -0.25) is 9.59 Å². The van der Waals surface area contributed by atoms with Crippen LogP contribution in [-0.4, -0.2) is 52.3 Å². The second-order valence-electron chi connectivity index (χ2n) is 5.81. The molecule has 1 aromatic rings.